The standard InChI is InChI=1S/C24H22N4O3S/c1-26(2)18-9-11-19(12-10-18)28-13-5-8-20(28)15-21-22(29)27(3)24(32-21)25-17-7-4-6-16(14-17)23(30)31/h4-15H,1-3H3,(H,30,31)/b21-15-,25-24?. The number of amides is 1. The third-order valence-corrected chi connectivity index (χ3v) is 6.09. The van der Waals surface area contributed by atoms with Crippen molar-refractivity contribution in [2.24, 2.45) is 4.99 Å². The molecule has 1 aromatic heterocycles. The number of thioether (sulfide) groups is 1. The average molecular weight is 447 g/mol. The number of rotatable bonds is 5. The Kier molecular flexibility index (Phi) is 5.87. The molecule has 0 atom stereocenters. The van der Waals surface area contributed by atoms with Crippen molar-refractivity contribution >= 4 is 46.3 Å². The van der Waals surface area contributed by atoms with E-state index in [1.54, 1.807) is 19.2 Å². The molecule has 0 spiro atoms. The van der Waals surface area contributed by atoms with Crippen molar-refractivity contribution < 1.29 is 14.7 Å². The summed E-state index contributed by atoms with van der Waals surface area (Å²) in [6.07, 6.45) is 3.80. The first-order valence-corrected chi connectivity index (χ1v) is 10.7. The van der Waals surface area contributed by atoms with Crippen LogP contribution < -0.4 is 4.90 Å². The summed E-state index contributed by atoms with van der Waals surface area (Å²) < 4.78 is 2.02. The molecule has 0 saturated carbocycles. The number of hydrogen-bond donors (Lipinski definition) is 1. The number of aromatic nitrogens is 1. The lowest BCUT2D eigenvalue weighted by molar-refractivity contribution is -0.121. The van der Waals surface area contributed by atoms with E-state index >= 15 is 0 Å². The Labute approximate surface area is 190 Å². The van der Waals surface area contributed by atoms with Crippen LogP contribution in [0.15, 0.2) is 76.8 Å². The fourth-order valence-electron chi connectivity index (χ4n) is 3.26. The molecule has 3 aromatic rings. The minimum absolute atomic E-state index is 0.151. The van der Waals surface area contributed by atoms with Crippen molar-refractivity contribution in [3.8, 4) is 5.69 Å². The Morgan fingerprint density at radius 2 is 1.84 bits per heavy atom. The van der Waals surface area contributed by atoms with Crippen molar-refractivity contribution in [2.45, 2.75) is 0 Å². The van der Waals surface area contributed by atoms with E-state index in [1.807, 2.05) is 72.2 Å². The number of anilines is 1. The Balaban J connectivity index is 1.62. The third kappa shape index (κ3) is 4.31. The van der Waals surface area contributed by atoms with Gasteiger partial charge in [0.1, 0.15) is 0 Å². The van der Waals surface area contributed by atoms with Crippen LogP contribution in [0.2, 0.25) is 0 Å². The molecular weight excluding hydrogens is 424 g/mol. The van der Waals surface area contributed by atoms with E-state index in [1.165, 1.54) is 28.8 Å². The van der Waals surface area contributed by atoms with Crippen LogP contribution in [0.4, 0.5) is 11.4 Å². The molecule has 1 aliphatic heterocycles. The van der Waals surface area contributed by atoms with Gasteiger partial charge in [0, 0.05) is 44.4 Å². The van der Waals surface area contributed by atoms with Crippen LogP contribution in [0.1, 0.15) is 16.1 Å². The Morgan fingerprint density at radius 1 is 1.09 bits per heavy atom. The zero-order valence-corrected chi connectivity index (χ0v) is 18.7. The van der Waals surface area contributed by atoms with Gasteiger partial charge >= 0.3 is 5.97 Å². The van der Waals surface area contributed by atoms with Gasteiger partial charge in [0.15, 0.2) is 5.17 Å². The predicted octanol–water partition coefficient (Wildman–Crippen LogP) is 4.48. The lowest BCUT2D eigenvalue weighted by atomic mass is 10.2. The summed E-state index contributed by atoms with van der Waals surface area (Å²) in [5.41, 5.74) is 3.61. The van der Waals surface area contributed by atoms with Crippen LogP contribution in [-0.2, 0) is 4.79 Å². The number of likely N-dealkylation sites (N-methyl/N-ethyl adjacent to an activating group) is 1. The first kappa shape index (κ1) is 21.5. The molecule has 2 aromatic carbocycles. The second kappa shape index (κ2) is 8.76. The number of aliphatic imine (C=N–C) groups is 1. The number of amidine groups is 1. The highest BCUT2D eigenvalue weighted by Crippen LogP contribution is 2.33. The summed E-state index contributed by atoms with van der Waals surface area (Å²) in [6, 6.07) is 18.4. The smallest absolute Gasteiger partial charge is 0.335 e. The van der Waals surface area contributed by atoms with Crippen LogP contribution in [0.5, 0.6) is 0 Å². The largest absolute Gasteiger partial charge is 0.478 e. The molecule has 1 amide bonds. The second-order valence-corrected chi connectivity index (χ2v) is 8.45. The van der Waals surface area contributed by atoms with Gasteiger partial charge in [-0.3, -0.25) is 9.69 Å². The van der Waals surface area contributed by atoms with E-state index in [0.29, 0.717) is 15.8 Å². The second-order valence-electron chi connectivity index (χ2n) is 7.44. The quantitative estimate of drug-likeness (QED) is 0.585. The summed E-state index contributed by atoms with van der Waals surface area (Å²) in [4.78, 5) is 32.6. The van der Waals surface area contributed by atoms with Crippen LogP contribution in [0.25, 0.3) is 11.8 Å². The lowest BCUT2D eigenvalue weighted by Crippen LogP contribution is -2.23. The SMILES string of the molecule is CN1C(=O)/C(=C/c2cccn2-c2ccc(N(C)C)cc2)SC1=Nc1cccc(C(=O)O)c1. The predicted molar refractivity (Wildman–Crippen MR) is 129 cm³/mol. The van der Waals surface area contributed by atoms with E-state index in [2.05, 4.69) is 4.99 Å². The lowest BCUT2D eigenvalue weighted by Gasteiger charge is -2.13. The fraction of sp³-hybridized carbons (Fsp3) is 0.125. The number of benzene rings is 2. The maximum Gasteiger partial charge on any atom is 0.335 e. The van der Waals surface area contributed by atoms with Crippen LogP contribution in [0.3, 0.4) is 0 Å². The first-order valence-electron chi connectivity index (χ1n) is 9.88. The summed E-state index contributed by atoms with van der Waals surface area (Å²) in [5.74, 6) is -1.17. The van der Waals surface area contributed by atoms with Crippen molar-refractivity contribution in [1.29, 1.82) is 0 Å². The van der Waals surface area contributed by atoms with Crippen LogP contribution in [0, 0.1) is 0 Å². The van der Waals surface area contributed by atoms with Gasteiger partial charge in [-0.05, 0) is 72.4 Å². The number of carboxylic acids is 1. The zero-order chi connectivity index (χ0) is 22.8. The van der Waals surface area contributed by atoms with E-state index < -0.39 is 5.97 Å². The summed E-state index contributed by atoms with van der Waals surface area (Å²) >= 11 is 1.26. The van der Waals surface area contributed by atoms with Gasteiger partial charge in [-0.2, -0.15) is 0 Å². The molecule has 1 saturated heterocycles. The number of aromatic carboxylic acids is 1. The molecule has 1 aliphatic rings. The van der Waals surface area contributed by atoms with Crippen molar-refractivity contribution in [3.05, 3.63) is 83.0 Å². The number of hydrogen-bond acceptors (Lipinski definition) is 5. The first-order chi connectivity index (χ1) is 15.3. The molecule has 32 heavy (non-hydrogen) atoms. The van der Waals surface area contributed by atoms with Crippen molar-refractivity contribution in [2.75, 3.05) is 26.0 Å². The molecular formula is C24H22N4O3S. The van der Waals surface area contributed by atoms with Gasteiger partial charge in [-0.15, -0.1) is 0 Å². The van der Waals surface area contributed by atoms with Gasteiger partial charge in [-0.1, -0.05) is 6.07 Å². The Morgan fingerprint density at radius 3 is 2.53 bits per heavy atom. The molecule has 7 nitrogen and oxygen atoms in total. The molecule has 1 fully saturated rings. The molecule has 2 heterocycles. The minimum atomic E-state index is -1.02. The third-order valence-electron chi connectivity index (χ3n) is 5.02. The maximum atomic E-state index is 12.8. The normalized spacial score (nSPS) is 16.2. The Bertz CT molecular complexity index is 1240. The molecule has 0 radical (unpaired) electrons. The van der Waals surface area contributed by atoms with Gasteiger partial charge in [-0.25, -0.2) is 9.79 Å². The van der Waals surface area contributed by atoms with Gasteiger partial charge < -0.3 is 14.6 Å². The molecule has 0 aliphatic carbocycles. The molecule has 0 bridgehead atoms. The van der Waals surface area contributed by atoms with Crippen LogP contribution in [-0.4, -0.2) is 52.8 Å². The van der Waals surface area contributed by atoms with Gasteiger partial charge in [0.25, 0.3) is 5.91 Å². The highest BCUT2D eigenvalue weighted by Gasteiger charge is 2.30. The van der Waals surface area contributed by atoms with Gasteiger partial charge in [0.05, 0.1) is 16.2 Å². The van der Waals surface area contributed by atoms with E-state index in [4.69, 9.17) is 0 Å². The van der Waals surface area contributed by atoms with Gasteiger partial charge in [0.2, 0.25) is 0 Å². The summed E-state index contributed by atoms with van der Waals surface area (Å²) in [7, 11) is 5.66. The molecule has 0 unspecified atom stereocenters. The van der Waals surface area contributed by atoms with Crippen molar-refractivity contribution in [3.63, 3.8) is 0 Å². The summed E-state index contributed by atoms with van der Waals surface area (Å²) in [5, 5.41) is 9.68. The minimum Gasteiger partial charge on any atom is -0.478 e. The van der Waals surface area contributed by atoms with Crippen molar-refractivity contribution in [1.82, 2.24) is 9.47 Å². The number of nitrogens with zero attached hydrogens (tertiary/aromatic N) is 4. The number of carboxylic acid groups (broad SMARTS) is 1. The number of carbonyl (C=O) groups is 2. The maximum absolute atomic E-state index is 12.8. The highest BCUT2D eigenvalue weighted by molar-refractivity contribution is 8.18. The van der Waals surface area contributed by atoms with E-state index in [0.717, 1.165) is 17.1 Å². The van der Waals surface area contributed by atoms with E-state index in [-0.39, 0.29) is 11.5 Å². The molecule has 8 heteroatoms. The summed E-state index contributed by atoms with van der Waals surface area (Å²) in [6.45, 7) is 0. The zero-order valence-electron chi connectivity index (χ0n) is 17.9. The topological polar surface area (TPSA) is 78.1 Å². The monoisotopic (exact) mass is 446 g/mol. The average Bonchev–Trinajstić information content (AvgIpc) is 3.34. The molecule has 162 valence electrons. The van der Waals surface area contributed by atoms with E-state index in [9.17, 15) is 14.7 Å². The molecule has 1 N–H and O–H groups in total. The van der Waals surface area contributed by atoms with Crippen LogP contribution >= 0.6 is 11.8 Å². The highest BCUT2D eigenvalue weighted by atomic mass is 32.2. The Hall–Kier alpha value is -3.78. The molecule has 4 rings (SSSR count). The number of carbonyl (C=O) groups excluding carboxylic acids is 1. The fourth-order valence-corrected chi connectivity index (χ4v) is 4.23.